The monoisotopic (exact) mass is 229 g/mol. The largest absolute Gasteiger partial charge is 0.306 e. The lowest BCUT2D eigenvalue weighted by atomic mass is 10.0. The second-order valence-electron chi connectivity index (χ2n) is 3.02. The van der Waals surface area contributed by atoms with Gasteiger partial charge in [0, 0.05) is 17.0 Å². The molecule has 14 heavy (non-hydrogen) atoms. The zero-order valence-corrected chi connectivity index (χ0v) is 9.50. The summed E-state index contributed by atoms with van der Waals surface area (Å²) in [6.45, 7) is 1.29. The van der Waals surface area contributed by atoms with Gasteiger partial charge < -0.3 is 5.32 Å². The highest BCUT2D eigenvalue weighted by Gasteiger charge is 2.19. The summed E-state index contributed by atoms with van der Waals surface area (Å²) in [6.07, 6.45) is 2.00. The standard InChI is InChI=1S/C10H11NOS.ClH/c1-13-9-4-2-3-7-5-11-6-8(12)10(7)9;/h2-4,11H,5-6H2,1H3;1H. The minimum atomic E-state index is 0. The molecule has 0 atom stereocenters. The molecule has 2 nitrogen and oxygen atoms in total. The molecule has 0 aliphatic carbocycles. The van der Waals surface area contributed by atoms with Crippen LogP contribution in [0.15, 0.2) is 23.1 Å². The number of carbonyl (C=O) groups excluding carboxylic acids is 1. The van der Waals surface area contributed by atoms with Gasteiger partial charge in [-0.15, -0.1) is 24.2 Å². The van der Waals surface area contributed by atoms with Gasteiger partial charge in [0.15, 0.2) is 5.78 Å². The summed E-state index contributed by atoms with van der Waals surface area (Å²) < 4.78 is 0. The summed E-state index contributed by atoms with van der Waals surface area (Å²) >= 11 is 1.64. The predicted molar refractivity (Wildman–Crippen MR) is 61.5 cm³/mol. The summed E-state index contributed by atoms with van der Waals surface area (Å²) in [5.41, 5.74) is 2.05. The summed E-state index contributed by atoms with van der Waals surface area (Å²) in [7, 11) is 0. The van der Waals surface area contributed by atoms with Crippen LogP contribution >= 0.6 is 24.2 Å². The molecule has 4 heteroatoms. The van der Waals surface area contributed by atoms with E-state index in [2.05, 4.69) is 5.32 Å². The predicted octanol–water partition coefficient (Wildman–Crippen LogP) is 2.12. The van der Waals surface area contributed by atoms with Gasteiger partial charge in [-0.1, -0.05) is 12.1 Å². The van der Waals surface area contributed by atoms with E-state index in [1.54, 1.807) is 11.8 Å². The Morgan fingerprint density at radius 1 is 1.36 bits per heavy atom. The topological polar surface area (TPSA) is 29.1 Å². The van der Waals surface area contributed by atoms with Crippen molar-refractivity contribution in [2.75, 3.05) is 12.8 Å². The smallest absolute Gasteiger partial charge is 0.178 e. The number of nitrogens with one attached hydrogen (secondary N) is 1. The molecule has 1 aromatic carbocycles. The molecule has 1 aliphatic rings. The SMILES string of the molecule is CSc1cccc2c1C(=O)CNC2.Cl. The molecule has 0 unspecified atom stereocenters. The molecule has 1 aromatic rings. The number of carbonyl (C=O) groups is 1. The Bertz CT molecular complexity index is 340. The zero-order chi connectivity index (χ0) is 9.26. The molecular formula is C10H12ClNOS. The minimum Gasteiger partial charge on any atom is -0.306 e. The maximum absolute atomic E-state index is 11.6. The van der Waals surface area contributed by atoms with Crippen LogP contribution in [0.1, 0.15) is 15.9 Å². The van der Waals surface area contributed by atoms with Crippen LogP contribution in [0.4, 0.5) is 0 Å². The average molecular weight is 230 g/mol. The van der Waals surface area contributed by atoms with Gasteiger partial charge in [0.25, 0.3) is 0 Å². The molecule has 0 radical (unpaired) electrons. The van der Waals surface area contributed by atoms with E-state index in [0.29, 0.717) is 6.54 Å². The molecule has 0 saturated carbocycles. The van der Waals surface area contributed by atoms with E-state index < -0.39 is 0 Å². The van der Waals surface area contributed by atoms with Crippen LogP contribution in [0.5, 0.6) is 0 Å². The Morgan fingerprint density at radius 2 is 2.14 bits per heavy atom. The second-order valence-corrected chi connectivity index (χ2v) is 3.87. The van der Waals surface area contributed by atoms with E-state index in [4.69, 9.17) is 0 Å². The fourth-order valence-electron chi connectivity index (χ4n) is 1.61. The Kier molecular flexibility index (Phi) is 3.98. The molecule has 2 rings (SSSR count). The third-order valence-electron chi connectivity index (χ3n) is 2.21. The van der Waals surface area contributed by atoms with E-state index in [1.807, 2.05) is 24.5 Å². The van der Waals surface area contributed by atoms with Gasteiger partial charge in [-0.3, -0.25) is 4.79 Å². The Balaban J connectivity index is 0.000000980. The molecule has 0 spiro atoms. The number of ketones is 1. The molecule has 0 amide bonds. The van der Waals surface area contributed by atoms with Crippen molar-refractivity contribution in [3.05, 3.63) is 29.3 Å². The van der Waals surface area contributed by atoms with Gasteiger partial charge in [-0.05, 0) is 17.9 Å². The maximum atomic E-state index is 11.6. The Labute approximate surface area is 93.9 Å². The maximum Gasteiger partial charge on any atom is 0.178 e. The third kappa shape index (κ3) is 1.95. The van der Waals surface area contributed by atoms with Crippen molar-refractivity contribution in [2.45, 2.75) is 11.4 Å². The van der Waals surface area contributed by atoms with E-state index in [0.717, 1.165) is 22.6 Å². The number of thioether (sulfide) groups is 1. The van der Waals surface area contributed by atoms with E-state index in [-0.39, 0.29) is 18.2 Å². The molecule has 0 aromatic heterocycles. The normalized spacial score (nSPS) is 14.5. The summed E-state index contributed by atoms with van der Waals surface area (Å²) in [5.74, 6) is 0.214. The van der Waals surface area contributed by atoms with Gasteiger partial charge in [0.05, 0.1) is 6.54 Å². The molecule has 1 heterocycles. The van der Waals surface area contributed by atoms with Gasteiger partial charge in [0.2, 0.25) is 0 Å². The van der Waals surface area contributed by atoms with Gasteiger partial charge in [-0.2, -0.15) is 0 Å². The summed E-state index contributed by atoms with van der Waals surface area (Å²) in [4.78, 5) is 12.7. The number of halogens is 1. The summed E-state index contributed by atoms with van der Waals surface area (Å²) in [6, 6.07) is 6.02. The molecule has 1 aliphatic heterocycles. The number of fused-ring (bicyclic) bond motifs is 1. The average Bonchev–Trinajstić information content (AvgIpc) is 2.17. The van der Waals surface area contributed by atoms with E-state index in [1.165, 1.54) is 0 Å². The fourth-order valence-corrected chi connectivity index (χ4v) is 2.27. The fraction of sp³-hybridized carbons (Fsp3) is 0.300. The first-order chi connectivity index (χ1) is 6.33. The van der Waals surface area contributed by atoms with Crippen LogP contribution in [-0.2, 0) is 6.54 Å². The lowest BCUT2D eigenvalue weighted by Crippen LogP contribution is -2.30. The highest BCUT2D eigenvalue weighted by molar-refractivity contribution is 7.98. The number of hydrogen-bond acceptors (Lipinski definition) is 3. The van der Waals surface area contributed by atoms with Crippen LogP contribution in [0, 0.1) is 0 Å². The van der Waals surface area contributed by atoms with Crippen molar-refractivity contribution in [1.29, 1.82) is 0 Å². The van der Waals surface area contributed by atoms with Crippen molar-refractivity contribution in [2.24, 2.45) is 0 Å². The van der Waals surface area contributed by atoms with Crippen molar-refractivity contribution >= 4 is 30.0 Å². The Morgan fingerprint density at radius 3 is 2.86 bits per heavy atom. The number of hydrogen-bond donors (Lipinski definition) is 1. The van der Waals surface area contributed by atoms with Crippen molar-refractivity contribution in [3.63, 3.8) is 0 Å². The van der Waals surface area contributed by atoms with Crippen LogP contribution in [0.3, 0.4) is 0 Å². The van der Waals surface area contributed by atoms with Crippen LogP contribution in [0.25, 0.3) is 0 Å². The van der Waals surface area contributed by atoms with Crippen molar-refractivity contribution in [1.82, 2.24) is 5.32 Å². The Hall–Kier alpha value is -0.510. The molecule has 0 bridgehead atoms. The molecular weight excluding hydrogens is 218 g/mol. The van der Waals surface area contributed by atoms with Gasteiger partial charge >= 0.3 is 0 Å². The van der Waals surface area contributed by atoms with Crippen molar-refractivity contribution < 1.29 is 4.79 Å². The first kappa shape index (κ1) is 11.6. The number of benzene rings is 1. The highest BCUT2D eigenvalue weighted by atomic mass is 35.5. The molecule has 0 saturated heterocycles. The van der Waals surface area contributed by atoms with E-state index in [9.17, 15) is 4.79 Å². The van der Waals surface area contributed by atoms with Crippen molar-refractivity contribution in [3.8, 4) is 0 Å². The molecule has 0 fully saturated rings. The quantitative estimate of drug-likeness (QED) is 0.748. The van der Waals surface area contributed by atoms with Crippen LogP contribution in [-0.4, -0.2) is 18.6 Å². The minimum absolute atomic E-state index is 0. The lowest BCUT2D eigenvalue weighted by molar-refractivity contribution is 0.0979. The van der Waals surface area contributed by atoms with Crippen LogP contribution < -0.4 is 5.32 Å². The lowest BCUT2D eigenvalue weighted by Gasteiger charge is -2.17. The number of Topliss-reactive ketones (excluding diaryl/α,β-unsaturated/α-hetero) is 1. The van der Waals surface area contributed by atoms with Crippen LogP contribution in [0.2, 0.25) is 0 Å². The molecule has 1 N–H and O–H groups in total. The van der Waals surface area contributed by atoms with Gasteiger partial charge in [0.1, 0.15) is 0 Å². The molecule has 76 valence electrons. The second kappa shape index (κ2) is 4.82. The highest BCUT2D eigenvalue weighted by Crippen LogP contribution is 2.25. The zero-order valence-electron chi connectivity index (χ0n) is 7.87. The number of rotatable bonds is 1. The third-order valence-corrected chi connectivity index (χ3v) is 2.99. The van der Waals surface area contributed by atoms with Gasteiger partial charge in [-0.25, -0.2) is 0 Å². The first-order valence-electron chi connectivity index (χ1n) is 4.22. The summed E-state index contributed by atoms with van der Waals surface area (Å²) in [5, 5.41) is 3.08. The first-order valence-corrected chi connectivity index (χ1v) is 5.45. The van der Waals surface area contributed by atoms with E-state index >= 15 is 0 Å².